The Kier molecular flexibility index (Phi) is 3.09. The highest BCUT2D eigenvalue weighted by atomic mass is 16.4. The van der Waals surface area contributed by atoms with Gasteiger partial charge in [0.25, 0.3) is 0 Å². The lowest BCUT2D eigenvalue weighted by Crippen LogP contribution is -2.08. The Bertz CT molecular complexity index is 576. The largest absolute Gasteiger partial charge is 0.478 e. The van der Waals surface area contributed by atoms with Gasteiger partial charge in [0, 0.05) is 11.1 Å². The fourth-order valence-corrected chi connectivity index (χ4v) is 2.22. The van der Waals surface area contributed by atoms with Gasteiger partial charge < -0.3 is 5.11 Å². The topological polar surface area (TPSA) is 50.2 Å². The molecule has 0 radical (unpaired) electrons. The van der Waals surface area contributed by atoms with Crippen LogP contribution in [0.2, 0.25) is 0 Å². The minimum Gasteiger partial charge on any atom is -0.478 e. The van der Waals surface area contributed by atoms with Gasteiger partial charge in [-0.15, -0.1) is 0 Å². The van der Waals surface area contributed by atoms with E-state index < -0.39 is 5.97 Å². The lowest BCUT2D eigenvalue weighted by Gasteiger charge is -2.12. The maximum absolute atomic E-state index is 11.4. The number of pyridine rings is 1. The van der Waals surface area contributed by atoms with E-state index in [-0.39, 0.29) is 0 Å². The van der Waals surface area contributed by atoms with Crippen LogP contribution in [0.5, 0.6) is 0 Å². The number of rotatable bonds is 3. The fourth-order valence-electron chi connectivity index (χ4n) is 2.22. The Labute approximate surface area is 100 Å². The van der Waals surface area contributed by atoms with E-state index in [0.717, 1.165) is 28.6 Å². The van der Waals surface area contributed by atoms with E-state index in [0.29, 0.717) is 12.0 Å². The summed E-state index contributed by atoms with van der Waals surface area (Å²) in [6.45, 7) is 3.97. The molecule has 2 aromatic rings. The summed E-state index contributed by atoms with van der Waals surface area (Å²) in [4.78, 5) is 16.0. The zero-order valence-corrected chi connectivity index (χ0v) is 10.0. The summed E-state index contributed by atoms with van der Waals surface area (Å²) in [5.74, 6) is -0.866. The van der Waals surface area contributed by atoms with Crippen LogP contribution in [0, 0.1) is 0 Å². The first-order chi connectivity index (χ1) is 8.19. The highest BCUT2D eigenvalue weighted by Gasteiger charge is 2.17. The number of carboxylic acid groups (broad SMARTS) is 1. The number of carbonyl (C=O) groups is 1. The Morgan fingerprint density at radius 2 is 1.94 bits per heavy atom. The number of hydrogen-bond acceptors (Lipinski definition) is 2. The molecular formula is C14H15NO2. The van der Waals surface area contributed by atoms with Gasteiger partial charge in [-0.05, 0) is 24.5 Å². The number of nitrogens with zero attached hydrogens (tertiary/aromatic N) is 1. The van der Waals surface area contributed by atoms with Gasteiger partial charge in [0.05, 0.1) is 11.1 Å². The predicted molar refractivity (Wildman–Crippen MR) is 67.5 cm³/mol. The van der Waals surface area contributed by atoms with Crippen molar-refractivity contribution in [2.24, 2.45) is 0 Å². The molecule has 1 heterocycles. The Balaban J connectivity index is 2.90. The number of aromatic carboxylic acids is 1. The predicted octanol–water partition coefficient (Wildman–Crippen LogP) is 3.06. The molecule has 0 aliphatic rings. The van der Waals surface area contributed by atoms with Gasteiger partial charge in [0.15, 0.2) is 0 Å². The molecule has 0 bridgehead atoms. The summed E-state index contributed by atoms with van der Waals surface area (Å²) >= 11 is 0. The standard InChI is InChI=1S/C14H15NO2/c1-3-9-11(4-2)15-12-8-6-5-7-10(12)13(9)14(16)17/h5-8H,3-4H2,1-2H3,(H,16,17). The minimum atomic E-state index is -0.866. The first kappa shape index (κ1) is 11.6. The fraction of sp³-hybridized carbons (Fsp3) is 0.286. The summed E-state index contributed by atoms with van der Waals surface area (Å²) < 4.78 is 0. The van der Waals surface area contributed by atoms with E-state index >= 15 is 0 Å². The van der Waals surface area contributed by atoms with Crippen LogP contribution in [0.1, 0.15) is 35.5 Å². The third-order valence-electron chi connectivity index (χ3n) is 2.98. The molecule has 0 aliphatic heterocycles. The molecule has 3 heteroatoms. The van der Waals surface area contributed by atoms with Gasteiger partial charge in [-0.2, -0.15) is 0 Å². The highest BCUT2D eigenvalue weighted by molar-refractivity contribution is 6.04. The van der Waals surface area contributed by atoms with Gasteiger partial charge in [-0.25, -0.2) is 4.79 Å². The minimum absolute atomic E-state index is 0.412. The molecule has 0 unspecified atom stereocenters. The van der Waals surface area contributed by atoms with Gasteiger partial charge in [-0.1, -0.05) is 32.0 Å². The second-order valence-corrected chi connectivity index (χ2v) is 3.94. The van der Waals surface area contributed by atoms with Crippen LogP contribution in [-0.2, 0) is 12.8 Å². The summed E-state index contributed by atoms with van der Waals surface area (Å²) in [5.41, 5.74) is 2.93. The number of aromatic nitrogens is 1. The van der Waals surface area contributed by atoms with E-state index in [1.54, 1.807) is 0 Å². The molecular weight excluding hydrogens is 214 g/mol. The van der Waals surface area contributed by atoms with Crippen LogP contribution in [0.4, 0.5) is 0 Å². The quantitative estimate of drug-likeness (QED) is 0.880. The van der Waals surface area contributed by atoms with Gasteiger partial charge >= 0.3 is 5.97 Å². The highest BCUT2D eigenvalue weighted by Crippen LogP contribution is 2.24. The van der Waals surface area contributed by atoms with Crippen LogP contribution in [0.15, 0.2) is 24.3 Å². The molecule has 0 amide bonds. The molecule has 0 atom stereocenters. The summed E-state index contributed by atoms with van der Waals surface area (Å²) in [7, 11) is 0. The molecule has 3 nitrogen and oxygen atoms in total. The molecule has 0 saturated carbocycles. The van der Waals surface area contributed by atoms with Crippen LogP contribution in [-0.4, -0.2) is 16.1 Å². The third kappa shape index (κ3) is 1.88. The summed E-state index contributed by atoms with van der Waals surface area (Å²) in [6.07, 6.45) is 1.46. The molecule has 2 rings (SSSR count). The van der Waals surface area contributed by atoms with Crippen molar-refractivity contribution in [3.05, 3.63) is 41.1 Å². The first-order valence-corrected chi connectivity index (χ1v) is 5.82. The first-order valence-electron chi connectivity index (χ1n) is 5.82. The number of fused-ring (bicyclic) bond motifs is 1. The molecule has 88 valence electrons. The molecule has 1 aromatic carbocycles. The smallest absolute Gasteiger partial charge is 0.336 e. The van der Waals surface area contributed by atoms with Crippen molar-refractivity contribution >= 4 is 16.9 Å². The molecule has 1 aromatic heterocycles. The van der Waals surface area contributed by atoms with E-state index in [2.05, 4.69) is 4.98 Å². The third-order valence-corrected chi connectivity index (χ3v) is 2.98. The number of para-hydroxylation sites is 1. The Morgan fingerprint density at radius 3 is 2.53 bits per heavy atom. The Hall–Kier alpha value is -1.90. The van der Waals surface area contributed by atoms with E-state index in [4.69, 9.17) is 0 Å². The van der Waals surface area contributed by atoms with E-state index in [9.17, 15) is 9.90 Å². The second-order valence-electron chi connectivity index (χ2n) is 3.94. The maximum Gasteiger partial charge on any atom is 0.336 e. The summed E-state index contributed by atoms with van der Waals surface area (Å²) in [5, 5.41) is 10.1. The molecule has 0 spiro atoms. The number of hydrogen-bond donors (Lipinski definition) is 1. The lowest BCUT2D eigenvalue weighted by atomic mass is 9.97. The van der Waals surface area contributed by atoms with Crippen molar-refractivity contribution in [2.45, 2.75) is 26.7 Å². The molecule has 0 fully saturated rings. The van der Waals surface area contributed by atoms with Crippen molar-refractivity contribution in [1.82, 2.24) is 4.98 Å². The molecule has 0 saturated heterocycles. The van der Waals surface area contributed by atoms with Crippen LogP contribution >= 0.6 is 0 Å². The normalized spacial score (nSPS) is 10.7. The van der Waals surface area contributed by atoms with Gasteiger partial charge in [0.2, 0.25) is 0 Å². The van der Waals surface area contributed by atoms with E-state index in [1.165, 1.54) is 0 Å². The average molecular weight is 229 g/mol. The molecule has 1 N–H and O–H groups in total. The van der Waals surface area contributed by atoms with Gasteiger partial charge in [0.1, 0.15) is 0 Å². The SMILES string of the molecule is CCc1nc2ccccc2c(C(=O)O)c1CC. The van der Waals surface area contributed by atoms with Crippen molar-refractivity contribution < 1.29 is 9.90 Å². The van der Waals surface area contributed by atoms with Crippen molar-refractivity contribution in [2.75, 3.05) is 0 Å². The van der Waals surface area contributed by atoms with E-state index in [1.807, 2.05) is 38.1 Å². The van der Waals surface area contributed by atoms with Crippen molar-refractivity contribution in [3.8, 4) is 0 Å². The zero-order chi connectivity index (χ0) is 12.4. The Morgan fingerprint density at radius 1 is 1.24 bits per heavy atom. The summed E-state index contributed by atoms with van der Waals surface area (Å²) in [6, 6.07) is 7.41. The van der Waals surface area contributed by atoms with Crippen LogP contribution < -0.4 is 0 Å². The lowest BCUT2D eigenvalue weighted by molar-refractivity contribution is 0.0697. The number of benzene rings is 1. The monoisotopic (exact) mass is 229 g/mol. The van der Waals surface area contributed by atoms with Gasteiger partial charge in [-0.3, -0.25) is 4.98 Å². The van der Waals surface area contributed by atoms with Crippen molar-refractivity contribution in [1.29, 1.82) is 0 Å². The zero-order valence-electron chi connectivity index (χ0n) is 10.0. The number of carboxylic acids is 1. The number of aryl methyl sites for hydroxylation is 1. The molecule has 17 heavy (non-hydrogen) atoms. The molecule has 0 aliphatic carbocycles. The van der Waals surface area contributed by atoms with Crippen LogP contribution in [0.25, 0.3) is 10.9 Å². The average Bonchev–Trinajstić information content (AvgIpc) is 2.35. The maximum atomic E-state index is 11.4. The second kappa shape index (κ2) is 4.53. The van der Waals surface area contributed by atoms with Crippen molar-refractivity contribution in [3.63, 3.8) is 0 Å². The van der Waals surface area contributed by atoms with Crippen LogP contribution in [0.3, 0.4) is 0 Å².